The Balaban J connectivity index is -0.000000361. The zero-order valence-electron chi connectivity index (χ0n) is 15.0. The van der Waals surface area contributed by atoms with Crippen LogP contribution in [0.1, 0.15) is 40.0 Å². The van der Waals surface area contributed by atoms with Crippen molar-refractivity contribution < 1.29 is 29.9 Å². The summed E-state index contributed by atoms with van der Waals surface area (Å²) >= 11 is 0. The maximum atomic E-state index is 5.84. The molecule has 0 aromatic heterocycles. The molecule has 0 heterocycles. The number of hydrogen-bond acceptors (Lipinski definition) is 2. The van der Waals surface area contributed by atoms with Gasteiger partial charge in [-0.15, -0.1) is 6.42 Å². The predicted molar refractivity (Wildman–Crippen MR) is 93.3 cm³/mol. The molecule has 1 rings (SSSR count). The number of hydrogen-bond donors (Lipinski definition) is 0. The molecule has 0 aliphatic heterocycles. The quantitative estimate of drug-likeness (QED) is 0.336. The summed E-state index contributed by atoms with van der Waals surface area (Å²) < 4.78 is 11.7. The maximum absolute atomic E-state index is 5.84. The van der Waals surface area contributed by atoms with Crippen LogP contribution in [0.25, 0.3) is 0 Å². The smallest absolute Gasteiger partial charge is 0.395 e. The molecule has 128 valence electrons. The first kappa shape index (κ1) is 29.3. The van der Waals surface area contributed by atoms with Crippen LogP contribution in [0.15, 0.2) is 17.2 Å². The van der Waals surface area contributed by atoms with Crippen molar-refractivity contribution in [1.82, 2.24) is 0 Å². The largest absolute Gasteiger partial charge is 4.00 e. The van der Waals surface area contributed by atoms with Crippen molar-refractivity contribution in [2.75, 3.05) is 13.2 Å². The van der Waals surface area contributed by atoms with Crippen LogP contribution < -0.4 is 0 Å². The molecule has 2 nitrogen and oxygen atoms in total. The van der Waals surface area contributed by atoms with E-state index in [0.29, 0.717) is 0 Å². The summed E-state index contributed by atoms with van der Waals surface area (Å²) in [5.41, 5.74) is 2.80. The minimum Gasteiger partial charge on any atom is -0.395 e. The van der Waals surface area contributed by atoms with Gasteiger partial charge < -0.3 is 31.1 Å². The SMILES string of the molecule is CCO[Si](C)(CCCC1=CC[C-]=C1C)OCC.[CH3-].[CH3-].[CH3-].[Pt+4]. The second kappa shape index (κ2) is 15.2. The minimum atomic E-state index is -1.90. The van der Waals surface area contributed by atoms with Crippen molar-refractivity contribution in [3.05, 3.63) is 45.6 Å². The third-order valence-electron chi connectivity index (χ3n) is 3.17. The summed E-state index contributed by atoms with van der Waals surface area (Å²) in [5, 5.41) is 0. The Labute approximate surface area is 149 Å². The fourth-order valence-corrected chi connectivity index (χ4v) is 4.69. The first-order chi connectivity index (χ1) is 8.11. The summed E-state index contributed by atoms with van der Waals surface area (Å²) in [6.45, 7) is 9.95. The Kier molecular flexibility index (Phi) is 21.2. The molecule has 1 aliphatic carbocycles. The third-order valence-corrected chi connectivity index (χ3v) is 6.23. The molecule has 0 fully saturated rings. The van der Waals surface area contributed by atoms with Crippen LogP contribution in [0.2, 0.25) is 12.6 Å². The molecule has 0 amide bonds. The van der Waals surface area contributed by atoms with Crippen LogP contribution >= 0.6 is 0 Å². The van der Waals surface area contributed by atoms with E-state index in [1.807, 2.05) is 13.8 Å². The van der Waals surface area contributed by atoms with Gasteiger partial charge >= 0.3 is 29.6 Å². The zero-order chi connectivity index (χ0) is 12.7. The van der Waals surface area contributed by atoms with E-state index in [1.165, 1.54) is 11.1 Å². The second-order valence-electron chi connectivity index (χ2n) is 4.59. The van der Waals surface area contributed by atoms with Gasteiger partial charge in [0.05, 0.1) is 0 Å². The van der Waals surface area contributed by atoms with Crippen molar-refractivity contribution >= 4 is 8.56 Å². The van der Waals surface area contributed by atoms with Crippen molar-refractivity contribution in [2.45, 2.75) is 52.6 Å². The van der Waals surface area contributed by atoms with Gasteiger partial charge in [-0.1, -0.05) is 19.8 Å². The van der Waals surface area contributed by atoms with E-state index < -0.39 is 8.56 Å². The molecule has 21 heavy (non-hydrogen) atoms. The topological polar surface area (TPSA) is 18.5 Å². The van der Waals surface area contributed by atoms with Gasteiger partial charge in [-0.25, -0.2) is 5.57 Å². The van der Waals surface area contributed by atoms with E-state index in [-0.39, 0.29) is 43.3 Å². The standard InChI is InChI=1S/C14H25O2Si.3CH3.Pt/c1-5-15-17(4,16-6-2)12-8-11-14-10-7-9-13(14)3;;;;/h10H,5-8,11-12H2,1-4H3;3*1H3;/q4*-1;+4. The fraction of sp³-hybridized carbons (Fsp3) is 0.588. The van der Waals surface area contributed by atoms with E-state index in [9.17, 15) is 0 Å². The molecule has 1 aliphatic rings. The molecule has 0 N–H and O–H groups in total. The van der Waals surface area contributed by atoms with Gasteiger partial charge in [0.25, 0.3) is 0 Å². The van der Waals surface area contributed by atoms with Crippen molar-refractivity contribution in [2.24, 2.45) is 0 Å². The molecule has 0 aromatic carbocycles. The Morgan fingerprint density at radius 1 is 1.14 bits per heavy atom. The van der Waals surface area contributed by atoms with Gasteiger partial charge in [-0.2, -0.15) is 11.6 Å². The molecule has 0 radical (unpaired) electrons. The maximum Gasteiger partial charge on any atom is 4.00 e. The van der Waals surface area contributed by atoms with Crippen LogP contribution in [-0.2, 0) is 29.9 Å². The van der Waals surface area contributed by atoms with Gasteiger partial charge in [0.2, 0.25) is 0 Å². The molecular formula is C17H34O2PtSi. The Morgan fingerprint density at radius 2 is 1.67 bits per heavy atom. The van der Waals surface area contributed by atoms with E-state index in [1.54, 1.807) is 0 Å². The molecule has 0 unspecified atom stereocenters. The molecule has 0 aromatic rings. The first-order valence-electron chi connectivity index (χ1n) is 6.66. The first-order valence-corrected chi connectivity index (χ1v) is 9.18. The second-order valence-corrected chi connectivity index (χ2v) is 7.93. The van der Waals surface area contributed by atoms with Crippen LogP contribution in [0.4, 0.5) is 0 Å². The van der Waals surface area contributed by atoms with Crippen molar-refractivity contribution in [3.63, 3.8) is 0 Å². The van der Waals surface area contributed by atoms with Gasteiger partial charge in [0.1, 0.15) is 0 Å². The summed E-state index contributed by atoms with van der Waals surface area (Å²) in [6, 6.07) is 1.08. The van der Waals surface area contributed by atoms with Gasteiger partial charge in [0.15, 0.2) is 0 Å². The molecule has 0 spiro atoms. The molecule has 0 saturated carbocycles. The fourth-order valence-electron chi connectivity index (χ4n) is 2.28. The van der Waals surface area contributed by atoms with Crippen molar-refractivity contribution in [3.8, 4) is 0 Å². The normalized spacial score (nSPS) is 13.0. The summed E-state index contributed by atoms with van der Waals surface area (Å²) in [4.78, 5) is 0. The number of allylic oxidation sites excluding steroid dienone is 4. The summed E-state index contributed by atoms with van der Waals surface area (Å²) in [6.07, 6.45) is 8.92. The average Bonchev–Trinajstić information content (AvgIpc) is 2.65. The van der Waals surface area contributed by atoms with Gasteiger partial charge in [0, 0.05) is 13.2 Å². The molecule has 0 saturated heterocycles. The van der Waals surface area contributed by atoms with E-state index in [2.05, 4.69) is 25.6 Å². The van der Waals surface area contributed by atoms with E-state index in [0.717, 1.165) is 38.5 Å². The molecule has 0 bridgehead atoms. The van der Waals surface area contributed by atoms with Crippen LogP contribution in [-0.4, -0.2) is 21.8 Å². The van der Waals surface area contributed by atoms with Crippen LogP contribution in [0.5, 0.6) is 0 Å². The van der Waals surface area contributed by atoms with Crippen molar-refractivity contribution in [1.29, 1.82) is 0 Å². The summed E-state index contributed by atoms with van der Waals surface area (Å²) in [5.74, 6) is 0. The summed E-state index contributed by atoms with van der Waals surface area (Å²) in [7, 11) is -1.90. The minimum absolute atomic E-state index is 0. The molecular weight excluding hydrogens is 459 g/mol. The van der Waals surface area contributed by atoms with Crippen LogP contribution in [0.3, 0.4) is 0 Å². The Morgan fingerprint density at radius 3 is 2.05 bits per heavy atom. The van der Waals surface area contributed by atoms with E-state index >= 15 is 0 Å². The van der Waals surface area contributed by atoms with Crippen LogP contribution in [0, 0.1) is 28.4 Å². The Bertz CT molecular complexity index is 295. The predicted octanol–water partition coefficient (Wildman–Crippen LogP) is 5.34. The molecule has 0 atom stereocenters. The third kappa shape index (κ3) is 10.6. The average molecular weight is 494 g/mol. The zero-order valence-corrected chi connectivity index (χ0v) is 18.2. The van der Waals surface area contributed by atoms with Gasteiger partial charge in [-0.3, -0.25) is 6.08 Å². The molecule has 4 heteroatoms. The Hall–Kier alpha value is 0.305. The van der Waals surface area contributed by atoms with E-state index in [4.69, 9.17) is 8.85 Å². The monoisotopic (exact) mass is 493 g/mol. The number of rotatable bonds is 8. The van der Waals surface area contributed by atoms with Gasteiger partial charge in [-0.05, 0) is 26.4 Å².